The second-order valence-corrected chi connectivity index (χ2v) is 12.3. The third kappa shape index (κ3) is 3.44. The Hall–Kier alpha value is -2.31. The molecule has 0 saturated carbocycles. The van der Waals surface area contributed by atoms with Gasteiger partial charge in [-0.05, 0) is 50.6 Å². The molecule has 0 aliphatic carbocycles. The molecule has 0 spiro atoms. The van der Waals surface area contributed by atoms with E-state index in [1.54, 1.807) is 0 Å². The highest BCUT2D eigenvalue weighted by Crippen LogP contribution is 2.30. The minimum atomic E-state index is -1.36. The molecule has 0 fully saturated rings. The van der Waals surface area contributed by atoms with Crippen LogP contribution >= 0.6 is 0 Å². The third-order valence-corrected chi connectivity index (χ3v) is 4.89. The van der Waals surface area contributed by atoms with E-state index in [1.165, 1.54) is 22.2 Å². The number of aryl methyl sites for hydroxylation is 3. The summed E-state index contributed by atoms with van der Waals surface area (Å²) < 4.78 is 0. The van der Waals surface area contributed by atoms with Crippen LogP contribution < -0.4 is 0 Å². The molecule has 2 nitrogen and oxygen atoms in total. The van der Waals surface area contributed by atoms with Crippen molar-refractivity contribution in [1.29, 1.82) is 0 Å². The molecule has 0 aliphatic rings. The lowest BCUT2D eigenvalue weighted by Crippen LogP contribution is -2.16. The van der Waals surface area contributed by atoms with Crippen molar-refractivity contribution < 1.29 is 0 Å². The van der Waals surface area contributed by atoms with Crippen LogP contribution in [0.3, 0.4) is 0 Å². The monoisotopic (exact) mass is 332 g/mol. The van der Waals surface area contributed by atoms with E-state index in [0.29, 0.717) is 0 Å². The average molecular weight is 333 g/mol. The lowest BCUT2D eigenvalue weighted by atomic mass is 10.1. The maximum Gasteiger partial charge on any atom is 0.129 e. The van der Waals surface area contributed by atoms with E-state index in [2.05, 4.69) is 78.3 Å². The second kappa shape index (κ2) is 5.96. The summed E-state index contributed by atoms with van der Waals surface area (Å²) in [5.74, 6) is 3.35. The van der Waals surface area contributed by atoms with E-state index in [9.17, 15) is 0 Å². The lowest BCUT2D eigenvalue weighted by molar-refractivity contribution is 1.12. The van der Waals surface area contributed by atoms with E-state index in [-0.39, 0.29) is 0 Å². The predicted molar refractivity (Wildman–Crippen MR) is 106 cm³/mol. The van der Waals surface area contributed by atoms with Crippen LogP contribution in [-0.2, 0) is 0 Å². The number of pyridine rings is 1. The molecule has 122 valence electrons. The van der Waals surface area contributed by atoms with E-state index in [4.69, 9.17) is 0 Å². The number of fused-ring (bicyclic) bond motifs is 1. The fourth-order valence-corrected chi connectivity index (χ4v) is 3.46. The third-order valence-electron chi connectivity index (χ3n) is 4.01. The number of rotatable bonds is 1. The summed E-state index contributed by atoms with van der Waals surface area (Å²) in [7, 11) is -1.36. The first kappa shape index (κ1) is 16.5. The number of nitrogens with one attached hydrogen (secondary N) is 1. The second-order valence-electron chi connectivity index (χ2n) is 7.52. The zero-order valence-corrected chi connectivity index (χ0v) is 16.3. The average Bonchev–Trinajstić information content (AvgIpc) is 2.80. The Balaban J connectivity index is 2.11. The molecule has 0 unspecified atom stereocenters. The summed E-state index contributed by atoms with van der Waals surface area (Å²) in [5, 5.41) is 1.26. The molecule has 1 aromatic carbocycles. The Morgan fingerprint density at radius 3 is 2.25 bits per heavy atom. The van der Waals surface area contributed by atoms with Crippen molar-refractivity contribution in [2.24, 2.45) is 0 Å². The van der Waals surface area contributed by atoms with Gasteiger partial charge < -0.3 is 4.98 Å². The topological polar surface area (TPSA) is 28.7 Å². The molecule has 2 aromatic heterocycles. The molecule has 2 heterocycles. The van der Waals surface area contributed by atoms with Gasteiger partial charge in [-0.25, -0.2) is 0 Å². The van der Waals surface area contributed by atoms with E-state index < -0.39 is 8.07 Å². The molecule has 3 heteroatoms. The summed E-state index contributed by atoms with van der Waals surface area (Å²) in [4.78, 5) is 8.06. The molecular weight excluding hydrogens is 308 g/mol. The van der Waals surface area contributed by atoms with Crippen LogP contribution in [0.1, 0.15) is 22.5 Å². The van der Waals surface area contributed by atoms with Crippen LogP contribution in [0.2, 0.25) is 19.6 Å². The molecule has 3 aromatic rings. The van der Waals surface area contributed by atoms with E-state index in [0.717, 1.165) is 22.5 Å². The number of hydrogen-bond donors (Lipinski definition) is 1. The number of aromatic amines is 1. The first-order valence-electron chi connectivity index (χ1n) is 8.34. The van der Waals surface area contributed by atoms with Crippen molar-refractivity contribution in [1.82, 2.24) is 9.97 Å². The Bertz CT molecular complexity index is 958. The zero-order valence-electron chi connectivity index (χ0n) is 15.3. The highest BCUT2D eigenvalue weighted by molar-refractivity contribution is 6.83. The van der Waals surface area contributed by atoms with Crippen LogP contribution in [0, 0.1) is 32.2 Å². The number of H-pyrrole nitrogens is 1. The molecule has 0 atom stereocenters. The van der Waals surface area contributed by atoms with Crippen molar-refractivity contribution in [3.63, 3.8) is 0 Å². The van der Waals surface area contributed by atoms with E-state index >= 15 is 0 Å². The van der Waals surface area contributed by atoms with Crippen molar-refractivity contribution in [2.75, 3.05) is 0 Å². The molecule has 3 rings (SSSR count). The summed E-state index contributed by atoms with van der Waals surface area (Å²) in [6, 6.07) is 10.7. The number of benzene rings is 1. The molecule has 0 saturated heterocycles. The van der Waals surface area contributed by atoms with E-state index in [1.807, 2.05) is 13.8 Å². The van der Waals surface area contributed by atoms with Gasteiger partial charge in [-0.15, -0.1) is 5.54 Å². The van der Waals surface area contributed by atoms with Crippen LogP contribution in [0.5, 0.6) is 0 Å². The van der Waals surface area contributed by atoms with Crippen LogP contribution in [0.4, 0.5) is 0 Å². The number of nitrogens with zero attached hydrogens (tertiary/aromatic N) is 1. The summed E-state index contributed by atoms with van der Waals surface area (Å²) in [6.07, 6.45) is 0. The van der Waals surface area contributed by atoms with Crippen molar-refractivity contribution in [3.05, 3.63) is 52.8 Å². The zero-order chi connectivity index (χ0) is 17.5. The molecule has 0 bridgehead atoms. The first-order chi connectivity index (χ1) is 11.2. The minimum absolute atomic E-state index is 1.05. The highest BCUT2D eigenvalue weighted by atomic mass is 28.3. The van der Waals surface area contributed by atoms with Gasteiger partial charge in [0, 0.05) is 39.1 Å². The van der Waals surface area contributed by atoms with Gasteiger partial charge in [0.25, 0.3) is 0 Å². The predicted octanol–water partition coefficient (Wildman–Crippen LogP) is 5.38. The Morgan fingerprint density at radius 1 is 0.958 bits per heavy atom. The number of aromatic nitrogens is 2. The van der Waals surface area contributed by atoms with Crippen molar-refractivity contribution in [2.45, 2.75) is 40.4 Å². The smallest absolute Gasteiger partial charge is 0.129 e. The van der Waals surface area contributed by atoms with Gasteiger partial charge in [0.05, 0.1) is 0 Å². The Kier molecular flexibility index (Phi) is 4.11. The Labute approximate surface area is 145 Å². The fraction of sp³-hybridized carbons (Fsp3) is 0.286. The Morgan fingerprint density at radius 2 is 1.62 bits per heavy atom. The molecule has 0 aliphatic heterocycles. The van der Waals surface area contributed by atoms with Gasteiger partial charge >= 0.3 is 0 Å². The molecule has 1 N–H and O–H groups in total. The molecular formula is C21H24N2Si. The minimum Gasteiger partial charge on any atom is -0.354 e. The SMILES string of the molecule is Cc1cc(-c2[nH]c3cc(C#C[Si](C)(C)C)ccc3c2C)cc(C)n1. The summed E-state index contributed by atoms with van der Waals surface area (Å²) in [6.45, 7) is 13.1. The van der Waals surface area contributed by atoms with Gasteiger partial charge in [0.1, 0.15) is 8.07 Å². The number of hydrogen-bond acceptors (Lipinski definition) is 1. The largest absolute Gasteiger partial charge is 0.354 e. The normalized spacial score (nSPS) is 11.4. The van der Waals surface area contributed by atoms with Crippen LogP contribution in [-0.4, -0.2) is 18.0 Å². The van der Waals surface area contributed by atoms with Gasteiger partial charge in [0.15, 0.2) is 0 Å². The van der Waals surface area contributed by atoms with Crippen LogP contribution in [0.15, 0.2) is 30.3 Å². The molecule has 0 amide bonds. The molecule has 0 radical (unpaired) electrons. The van der Waals surface area contributed by atoms with Crippen molar-refractivity contribution >= 4 is 19.0 Å². The highest BCUT2D eigenvalue weighted by Gasteiger charge is 2.11. The lowest BCUT2D eigenvalue weighted by Gasteiger charge is -2.04. The first-order valence-corrected chi connectivity index (χ1v) is 11.8. The van der Waals surface area contributed by atoms with Gasteiger partial charge in [-0.3, -0.25) is 4.98 Å². The van der Waals surface area contributed by atoms with Gasteiger partial charge in [-0.1, -0.05) is 31.6 Å². The van der Waals surface area contributed by atoms with Gasteiger partial charge in [-0.2, -0.15) is 0 Å². The maximum atomic E-state index is 4.48. The van der Waals surface area contributed by atoms with Gasteiger partial charge in [0.2, 0.25) is 0 Å². The maximum absolute atomic E-state index is 4.48. The fourth-order valence-electron chi connectivity index (χ4n) is 2.94. The van der Waals surface area contributed by atoms with Crippen LogP contribution in [0.25, 0.3) is 22.2 Å². The molecule has 24 heavy (non-hydrogen) atoms. The summed E-state index contributed by atoms with van der Waals surface area (Å²) >= 11 is 0. The van der Waals surface area contributed by atoms with Crippen molar-refractivity contribution in [3.8, 4) is 22.7 Å². The quantitative estimate of drug-likeness (QED) is 0.470. The standard InChI is InChI=1S/C21H24N2Si/c1-14-11-18(12-15(2)22-14)21-16(3)19-8-7-17(13-20(19)23-21)9-10-24(4,5)6/h7-8,11-13,23H,1-6H3. The summed E-state index contributed by atoms with van der Waals surface area (Å²) in [5.41, 5.74) is 11.4.